The molecule has 0 aliphatic rings. The van der Waals surface area contributed by atoms with Crippen LogP contribution in [0.3, 0.4) is 0 Å². The highest BCUT2D eigenvalue weighted by Gasteiger charge is 2.20. The lowest BCUT2D eigenvalue weighted by Gasteiger charge is -2.16. The molecule has 0 aliphatic heterocycles. The van der Waals surface area contributed by atoms with Crippen LogP contribution in [-0.4, -0.2) is 19.8 Å². The maximum absolute atomic E-state index is 13.6. The SMILES string of the molecule is CCc1cc(C)ccc1OCc1c(C(F)F)cccc1-n1nnn(C)c1=O. The van der Waals surface area contributed by atoms with E-state index in [1.54, 1.807) is 6.07 Å². The van der Waals surface area contributed by atoms with E-state index in [0.29, 0.717) is 5.75 Å². The monoisotopic (exact) mass is 374 g/mol. The second-order valence-electron chi connectivity index (χ2n) is 6.20. The Labute approximate surface area is 155 Å². The normalized spacial score (nSPS) is 11.2. The maximum Gasteiger partial charge on any atom is 0.368 e. The fourth-order valence-corrected chi connectivity index (χ4v) is 2.89. The van der Waals surface area contributed by atoms with Gasteiger partial charge in [-0.3, -0.25) is 0 Å². The third-order valence-corrected chi connectivity index (χ3v) is 4.34. The van der Waals surface area contributed by atoms with Crippen LogP contribution < -0.4 is 10.4 Å². The largest absolute Gasteiger partial charge is 0.489 e. The average molecular weight is 374 g/mol. The van der Waals surface area contributed by atoms with Crippen molar-refractivity contribution >= 4 is 0 Å². The second-order valence-corrected chi connectivity index (χ2v) is 6.20. The van der Waals surface area contributed by atoms with Crippen LogP contribution in [0, 0.1) is 6.92 Å². The molecule has 0 fully saturated rings. The molecule has 1 heterocycles. The first-order valence-corrected chi connectivity index (χ1v) is 8.54. The number of alkyl halides is 2. The van der Waals surface area contributed by atoms with Gasteiger partial charge in [-0.15, -0.1) is 0 Å². The standard InChI is InChI=1S/C19H20F2N4O2/c1-4-13-10-12(2)8-9-17(13)27-11-15-14(18(20)21)6-5-7-16(15)25-19(26)24(3)22-23-25/h5-10,18H,4,11H2,1-3H3. The predicted molar refractivity (Wildman–Crippen MR) is 96.4 cm³/mol. The van der Waals surface area contributed by atoms with Crippen molar-refractivity contribution in [3.63, 3.8) is 0 Å². The van der Waals surface area contributed by atoms with Crippen LogP contribution in [0.1, 0.15) is 35.6 Å². The summed E-state index contributed by atoms with van der Waals surface area (Å²) in [6, 6.07) is 10.1. The first-order valence-electron chi connectivity index (χ1n) is 8.54. The Hall–Kier alpha value is -3.03. The summed E-state index contributed by atoms with van der Waals surface area (Å²) in [5.74, 6) is 0.629. The molecule has 1 aromatic heterocycles. The van der Waals surface area contributed by atoms with Gasteiger partial charge in [0, 0.05) is 18.2 Å². The Morgan fingerprint density at radius 2 is 1.96 bits per heavy atom. The molecule has 3 rings (SSSR count). The van der Waals surface area contributed by atoms with Crippen molar-refractivity contribution in [1.29, 1.82) is 0 Å². The second kappa shape index (κ2) is 7.69. The van der Waals surface area contributed by atoms with E-state index < -0.39 is 12.1 Å². The molecule has 0 spiro atoms. The van der Waals surface area contributed by atoms with Crippen molar-refractivity contribution in [3.8, 4) is 11.4 Å². The van der Waals surface area contributed by atoms with Gasteiger partial charge in [0.1, 0.15) is 12.4 Å². The van der Waals surface area contributed by atoms with Crippen molar-refractivity contribution in [2.45, 2.75) is 33.3 Å². The molecule has 8 heteroatoms. The molecule has 142 valence electrons. The average Bonchev–Trinajstić information content (AvgIpc) is 2.99. The molecule has 27 heavy (non-hydrogen) atoms. The predicted octanol–water partition coefficient (Wildman–Crippen LogP) is 3.35. The molecule has 0 saturated carbocycles. The van der Waals surface area contributed by atoms with E-state index in [2.05, 4.69) is 10.4 Å². The lowest BCUT2D eigenvalue weighted by molar-refractivity contribution is 0.148. The molecular formula is C19H20F2N4O2. The van der Waals surface area contributed by atoms with Gasteiger partial charge < -0.3 is 4.74 Å². The minimum Gasteiger partial charge on any atom is -0.489 e. The number of aromatic nitrogens is 4. The number of hydrogen-bond donors (Lipinski definition) is 0. The van der Waals surface area contributed by atoms with Crippen LogP contribution in [-0.2, 0) is 20.1 Å². The molecule has 0 unspecified atom stereocenters. The van der Waals surface area contributed by atoms with Gasteiger partial charge in [0.2, 0.25) is 0 Å². The Morgan fingerprint density at radius 1 is 1.19 bits per heavy atom. The minimum absolute atomic E-state index is 0.116. The van der Waals surface area contributed by atoms with Gasteiger partial charge in [-0.25, -0.2) is 13.6 Å². The van der Waals surface area contributed by atoms with Crippen LogP contribution in [0.25, 0.3) is 5.69 Å². The zero-order valence-corrected chi connectivity index (χ0v) is 15.3. The highest BCUT2D eigenvalue weighted by atomic mass is 19.3. The minimum atomic E-state index is -2.71. The van der Waals surface area contributed by atoms with E-state index in [1.807, 2.05) is 32.0 Å². The fourth-order valence-electron chi connectivity index (χ4n) is 2.89. The molecule has 0 radical (unpaired) electrons. The van der Waals surface area contributed by atoms with Crippen molar-refractivity contribution < 1.29 is 13.5 Å². The zero-order chi connectivity index (χ0) is 19.6. The summed E-state index contributed by atoms with van der Waals surface area (Å²) in [5.41, 5.74) is 1.80. The topological polar surface area (TPSA) is 61.9 Å². The highest BCUT2D eigenvalue weighted by molar-refractivity contribution is 5.46. The molecule has 2 aromatic carbocycles. The number of rotatable bonds is 6. The van der Waals surface area contributed by atoms with Crippen LogP contribution >= 0.6 is 0 Å². The van der Waals surface area contributed by atoms with E-state index in [1.165, 1.54) is 19.2 Å². The number of hydrogen-bond acceptors (Lipinski definition) is 4. The van der Waals surface area contributed by atoms with Gasteiger partial charge in [0.05, 0.1) is 5.69 Å². The summed E-state index contributed by atoms with van der Waals surface area (Å²) < 4.78 is 35.0. The van der Waals surface area contributed by atoms with Crippen LogP contribution in [0.15, 0.2) is 41.2 Å². The Morgan fingerprint density at radius 3 is 2.59 bits per heavy atom. The molecule has 0 amide bonds. The summed E-state index contributed by atoms with van der Waals surface area (Å²) in [5, 5.41) is 7.42. The number of benzene rings is 2. The van der Waals surface area contributed by atoms with E-state index in [0.717, 1.165) is 26.9 Å². The van der Waals surface area contributed by atoms with Gasteiger partial charge in [0.15, 0.2) is 0 Å². The molecule has 0 aliphatic carbocycles. The van der Waals surface area contributed by atoms with Crippen LogP contribution in [0.2, 0.25) is 0 Å². The van der Waals surface area contributed by atoms with Gasteiger partial charge in [-0.2, -0.15) is 9.36 Å². The van der Waals surface area contributed by atoms with Crippen molar-refractivity contribution in [1.82, 2.24) is 19.8 Å². The Bertz CT molecular complexity index is 1010. The van der Waals surface area contributed by atoms with E-state index in [9.17, 15) is 13.6 Å². The summed E-state index contributed by atoms with van der Waals surface area (Å²) in [6.45, 7) is 3.86. The number of aryl methyl sites for hydroxylation is 3. The molecule has 0 saturated heterocycles. The maximum atomic E-state index is 13.6. The molecule has 0 bridgehead atoms. The fraction of sp³-hybridized carbons (Fsp3) is 0.316. The Kier molecular flexibility index (Phi) is 5.34. The van der Waals surface area contributed by atoms with Crippen LogP contribution in [0.4, 0.5) is 8.78 Å². The third-order valence-electron chi connectivity index (χ3n) is 4.34. The van der Waals surface area contributed by atoms with Crippen molar-refractivity contribution in [3.05, 3.63) is 69.1 Å². The quantitative estimate of drug-likeness (QED) is 0.664. The number of tetrazole rings is 1. The molecular weight excluding hydrogens is 354 g/mol. The summed E-state index contributed by atoms with van der Waals surface area (Å²) in [4.78, 5) is 12.2. The van der Waals surface area contributed by atoms with Gasteiger partial charge in [-0.05, 0) is 41.5 Å². The van der Waals surface area contributed by atoms with Gasteiger partial charge >= 0.3 is 5.69 Å². The number of halogens is 2. The van der Waals surface area contributed by atoms with Gasteiger partial charge in [0.25, 0.3) is 6.43 Å². The zero-order valence-electron chi connectivity index (χ0n) is 15.3. The van der Waals surface area contributed by atoms with E-state index >= 15 is 0 Å². The van der Waals surface area contributed by atoms with E-state index in [-0.39, 0.29) is 23.4 Å². The van der Waals surface area contributed by atoms with Crippen LogP contribution in [0.5, 0.6) is 5.75 Å². The first-order chi connectivity index (χ1) is 12.9. The lowest BCUT2D eigenvalue weighted by Crippen LogP contribution is -2.23. The van der Waals surface area contributed by atoms with E-state index in [4.69, 9.17) is 4.74 Å². The third kappa shape index (κ3) is 3.74. The van der Waals surface area contributed by atoms with Crippen molar-refractivity contribution in [2.75, 3.05) is 0 Å². The molecule has 0 atom stereocenters. The number of ether oxygens (including phenoxy) is 1. The summed E-state index contributed by atoms with van der Waals surface area (Å²) in [7, 11) is 1.44. The van der Waals surface area contributed by atoms with Crippen molar-refractivity contribution in [2.24, 2.45) is 7.05 Å². The highest BCUT2D eigenvalue weighted by Crippen LogP contribution is 2.29. The molecule has 6 nitrogen and oxygen atoms in total. The van der Waals surface area contributed by atoms with Gasteiger partial charge in [-0.1, -0.05) is 36.8 Å². The summed E-state index contributed by atoms with van der Waals surface area (Å²) >= 11 is 0. The Balaban J connectivity index is 2.03. The first kappa shape index (κ1) is 18.8. The molecule has 0 N–H and O–H groups in total. The number of nitrogens with zero attached hydrogens (tertiary/aromatic N) is 4. The smallest absolute Gasteiger partial charge is 0.368 e. The lowest BCUT2D eigenvalue weighted by atomic mass is 10.1. The summed E-state index contributed by atoms with van der Waals surface area (Å²) in [6.07, 6.45) is -1.95. The molecule has 3 aromatic rings.